The van der Waals surface area contributed by atoms with Crippen molar-refractivity contribution in [3.05, 3.63) is 29.8 Å². The van der Waals surface area contributed by atoms with Gasteiger partial charge in [0.2, 0.25) is 0 Å². The summed E-state index contributed by atoms with van der Waals surface area (Å²) in [6.07, 6.45) is -0.426. The van der Waals surface area contributed by atoms with Crippen LogP contribution in [0.2, 0.25) is 0 Å². The van der Waals surface area contributed by atoms with Gasteiger partial charge in [-0.2, -0.15) is 0 Å². The summed E-state index contributed by atoms with van der Waals surface area (Å²) in [6.45, 7) is 4.79. The van der Waals surface area contributed by atoms with E-state index in [4.69, 9.17) is 9.47 Å². The molecule has 0 amide bonds. The van der Waals surface area contributed by atoms with Crippen molar-refractivity contribution < 1.29 is 14.6 Å². The summed E-state index contributed by atoms with van der Waals surface area (Å²) in [5.41, 5.74) is 2.05. The summed E-state index contributed by atoms with van der Waals surface area (Å²) in [6, 6.07) is 7.94. The van der Waals surface area contributed by atoms with Crippen molar-refractivity contribution in [3.8, 4) is 0 Å². The summed E-state index contributed by atoms with van der Waals surface area (Å²) in [4.78, 5) is 2.21. The number of methoxy groups -OCH3 is 2. The van der Waals surface area contributed by atoms with Gasteiger partial charge in [0.15, 0.2) is 0 Å². The number of aliphatic hydroxyl groups is 1. The molecule has 0 bridgehead atoms. The van der Waals surface area contributed by atoms with Crippen LogP contribution in [0.4, 0.5) is 5.69 Å². The van der Waals surface area contributed by atoms with E-state index >= 15 is 0 Å². The zero-order chi connectivity index (χ0) is 13.4. The third-order valence-corrected chi connectivity index (χ3v) is 2.87. The molecule has 0 saturated heterocycles. The second kappa shape index (κ2) is 8.08. The highest BCUT2D eigenvalue weighted by Crippen LogP contribution is 2.18. The first kappa shape index (κ1) is 15.0. The first-order valence-electron chi connectivity index (χ1n) is 6.20. The Morgan fingerprint density at radius 2 is 1.56 bits per heavy atom. The summed E-state index contributed by atoms with van der Waals surface area (Å²) in [5, 5.41) is 9.48. The molecule has 1 atom stereocenters. The molecule has 0 aromatic heterocycles. The molecule has 0 aliphatic heterocycles. The van der Waals surface area contributed by atoms with Crippen LogP contribution in [0.3, 0.4) is 0 Å². The lowest BCUT2D eigenvalue weighted by atomic mass is 10.1. The molecule has 1 aromatic carbocycles. The van der Waals surface area contributed by atoms with Gasteiger partial charge in [0.25, 0.3) is 0 Å². The van der Waals surface area contributed by atoms with Crippen LogP contribution < -0.4 is 4.90 Å². The third kappa shape index (κ3) is 4.64. The van der Waals surface area contributed by atoms with Crippen LogP contribution in [0.1, 0.15) is 18.6 Å². The smallest absolute Gasteiger partial charge is 0.0761 e. The average Bonchev–Trinajstić information content (AvgIpc) is 2.39. The second-order valence-electron chi connectivity index (χ2n) is 4.24. The van der Waals surface area contributed by atoms with E-state index in [-0.39, 0.29) is 0 Å². The zero-order valence-electron chi connectivity index (χ0n) is 11.4. The van der Waals surface area contributed by atoms with Gasteiger partial charge in [0, 0.05) is 33.0 Å². The lowest BCUT2D eigenvalue weighted by molar-refractivity contribution is 0.190. The molecule has 0 heterocycles. The third-order valence-electron chi connectivity index (χ3n) is 2.87. The Morgan fingerprint density at radius 1 is 1.06 bits per heavy atom. The molecule has 4 heteroatoms. The van der Waals surface area contributed by atoms with Gasteiger partial charge in [-0.25, -0.2) is 0 Å². The average molecular weight is 253 g/mol. The molecule has 0 radical (unpaired) electrons. The predicted molar refractivity (Wildman–Crippen MR) is 73.0 cm³/mol. The van der Waals surface area contributed by atoms with Crippen LogP contribution in [0, 0.1) is 0 Å². The van der Waals surface area contributed by atoms with Crippen molar-refractivity contribution in [2.75, 3.05) is 45.4 Å². The molecular weight excluding hydrogens is 230 g/mol. The van der Waals surface area contributed by atoms with E-state index in [9.17, 15) is 5.11 Å². The minimum atomic E-state index is -0.426. The number of aliphatic hydroxyl groups excluding tert-OH is 1. The van der Waals surface area contributed by atoms with Gasteiger partial charge in [-0.05, 0) is 24.6 Å². The SMILES string of the molecule is COCCN(CCOC)c1ccc(C(C)O)cc1. The van der Waals surface area contributed by atoms with Crippen molar-refractivity contribution in [1.29, 1.82) is 0 Å². The fourth-order valence-electron chi connectivity index (χ4n) is 1.74. The minimum Gasteiger partial charge on any atom is -0.389 e. The number of nitrogens with zero attached hydrogens (tertiary/aromatic N) is 1. The van der Waals surface area contributed by atoms with Crippen LogP contribution in [-0.2, 0) is 9.47 Å². The Balaban J connectivity index is 2.70. The topological polar surface area (TPSA) is 41.9 Å². The maximum Gasteiger partial charge on any atom is 0.0761 e. The molecule has 0 aliphatic carbocycles. The van der Waals surface area contributed by atoms with Crippen LogP contribution in [0.15, 0.2) is 24.3 Å². The second-order valence-corrected chi connectivity index (χ2v) is 4.24. The van der Waals surface area contributed by atoms with E-state index in [2.05, 4.69) is 4.90 Å². The Kier molecular flexibility index (Phi) is 6.72. The first-order valence-corrected chi connectivity index (χ1v) is 6.20. The van der Waals surface area contributed by atoms with Crippen LogP contribution in [0.25, 0.3) is 0 Å². The van der Waals surface area contributed by atoms with Gasteiger partial charge in [-0.1, -0.05) is 12.1 Å². The normalized spacial score (nSPS) is 12.4. The maximum atomic E-state index is 9.48. The lowest BCUT2D eigenvalue weighted by Crippen LogP contribution is -2.30. The van der Waals surface area contributed by atoms with Gasteiger partial charge in [-0.15, -0.1) is 0 Å². The van der Waals surface area contributed by atoms with Crippen LogP contribution in [-0.4, -0.2) is 45.6 Å². The fourth-order valence-corrected chi connectivity index (χ4v) is 1.74. The number of hydrogen-bond donors (Lipinski definition) is 1. The van der Waals surface area contributed by atoms with Gasteiger partial charge < -0.3 is 19.5 Å². The van der Waals surface area contributed by atoms with Crippen molar-refractivity contribution in [1.82, 2.24) is 0 Å². The summed E-state index contributed by atoms with van der Waals surface area (Å²) >= 11 is 0. The molecule has 18 heavy (non-hydrogen) atoms. The van der Waals surface area contributed by atoms with E-state index in [1.54, 1.807) is 21.1 Å². The zero-order valence-corrected chi connectivity index (χ0v) is 11.4. The van der Waals surface area contributed by atoms with E-state index in [0.717, 1.165) is 24.3 Å². The number of ether oxygens (including phenoxy) is 2. The Labute approximate surface area is 109 Å². The Hall–Kier alpha value is -1.10. The standard InChI is InChI=1S/C14H23NO3/c1-12(16)13-4-6-14(7-5-13)15(8-10-17-2)9-11-18-3/h4-7,12,16H,8-11H2,1-3H3. The number of anilines is 1. The molecular formula is C14H23NO3. The van der Waals surface area contributed by atoms with Crippen molar-refractivity contribution in [2.24, 2.45) is 0 Å². The highest BCUT2D eigenvalue weighted by Gasteiger charge is 2.07. The highest BCUT2D eigenvalue weighted by atomic mass is 16.5. The monoisotopic (exact) mass is 253 g/mol. The Bertz CT molecular complexity index is 316. The van der Waals surface area contributed by atoms with Crippen LogP contribution >= 0.6 is 0 Å². The van der Waals surface area contributed by atoms with E-state index < -0.39 is 6.10 Å². The first-order chi connectivity index (χ1) is 8.69. The number of benzene rings is 1. The van der Waals surface area contributed by atoms with E-state index in [1.807, 2.05) is 24.3 Å². The number of hydrogen-bond acceptors (Lipinski definition) is 4. The van der Waals surface area contributed by atoms with Gasteiger partial charge in [0.1, 0.15) is 0 Å². The molecule has 0 saturated carbocycles. The molecule has 1 aromatic rings. The van der Waals surface area contributed by atoms with E-state index in [0.29, 0.717) is 13.2 Å². The fraction of sp³-hybridized carbons (Fsp3) is 0.571. The summed E-state index contributed by atoms with van der Waals surface area (Å²) in [5.74, 6) is 0. The minimum absolute atomic E-state index is 0.426. The molecule has 4 nitrogen and oxygen atoms in total. The summed E-state index contributed by atoms with van der Waals surface area (Å²) in [7, 11) is 3.40. The van der Waals surface area contributed by atoms with Gasteiger partial charge >= 0.3 is 0 Å². The molecule has 0 aliphatic rings. The Morgan fingerprint density at radius 3 is 1.94 bits per heavy atom. The predicted octanol–water partition coefficient (Wildman–Crippen LogP) is 1.84. The largest absolute Gasteiger partial charge is 0.389 e. The molecule has 102 valence electrons. The summed E-state index contributed by atoms with van der Waals surface area (Å²) < 4.78 is 10.2. The van der Waals surface area contributed by atoms with Gasteiger partial charge in [0.05, 0.1) is 19.3 Å². The molecule has 0 spiro atoms. The van der Waals surface area contributed by atoms with Crippen molar-refractivity contribution in [3.63, 3.8) is 0 Å². The quantitative estimate of drug-likeness (QED) is 0.767. The van der Waals surface area contributed by atoms with Crippen molar-refractivity contribution >= 4 is 5.69 Å². The maximum absolute atomic E-state index is 9.48. The highest BCUT2D eigenvalue weighted by molar-refractivity contribution is 5.47. The van der Waals surface area contributed by atoms with Gasteiger partial charge in [-0.3, -0.25) is 0 Å². The lowest BCUT2D eigenvalue weighted by Gasteiger charge is -2.24. The van der Waals surface area contributed by atoms with E-state index in [1.165, 1.54) is 0 Å². The molecule has 1 rings (SSSR count). The molecule has 0 fully saturated rings. The number of rotatable bonds is 8. The van der Waals surface area contributed by atoms with Crippen molar-refractivity contribution in [2.45, 2.75) is 13.0 Å². The van der Waals surface area contributed by atoms with Crippen LogP contribution in [0.5, 0.6) is 0 Å². The molecule has 1 N–H and O–H groups in total. The molecule has 1 unspecified atom stereocenters.